The highest BCUT2D eigenvalue weighted by molar-refractivity contribution is 5.73. The van der Waals surface area contributed by atoms with E-state index in [1.54, 1.807) is 7.11 Å². The number of aliphatic carboxylic acids is 1. The Kier molecular flexibility index (Phi) is 8.17. The number of ether oxygens (including phenoxy) is 2. The van der Waals surface area contributed by atoms with E-state index in [2.05, 4.69) is 21.7 Å². The van der Waals surface area contributed by atoms with Crippen molar-refractivity contribution < 1.29 is 32.5 Å². The molecule has 0 bridgehead atoms. The minimum atomic E-state index is -5.08. The van der Waals surface area contributed by atoms with Crippen molar-refractivity contribution >= 4 is 5.97 Å². The van der Waals surface area contributed by atoms with Gasteiger partial charge in [-0.1, -0.05) is 0 Å². The van der Waals surface area contributed by atoms with Crippen LogP contribution in [0, 0.1) is 0 Å². The van der Waals surface area contributed by atoms with Gasteiger partial charge in [-0.15, -0.1) is 0 Å². The normalized spacial score (nSPS) is 16.1. The summed E-state index contributed by atoms with van der Waals surface area (Å²) in [4.78, 5) is 8.90. The number of methoxy groups -OCH3 is 1. The molecule has 3 heterocycles. The van der Waals surface area contributed by atoms with Gasteiger partial charge in [-0.3, -0.25) is 9.36 Å². The zero-order valence-corrected chi connectivity index (χ0v) is 16.1. The van der Waals surface area contributed by atoms with Gasteiger partial charge in [-0.25, -0.2) is 4.79 Å². The predicted octanol–water partition coefficient (Wildman–Crippen LogP) is 1.30. The fourth-order valence-electron chi connectivity index (χ4n) is 2.70. The molecule has 1 aliphatic rings. The van der Waals surface area contributed by atoms with E-state index in [1.807, 2.05) is 28.8 Å². The number of nitrogens with zero attached hydrogens (tertiary/aromatic N) is 4. The second-order valence-corrected chi connectivity index (χ2v) is 6.36. The molecule has 0 amide bonds. The fraction of sp³-hybridized carbons (Fsp3) is 0.588. The summed E-state index contributed by atoms with van der Waals surface area (Å²) in [6.45, 7) is 3.74. The molecule has 0 saturated carbocycles. The number of carbonyl (C=O) groups is 1. The second-order valence-electron chi connectivity index (χ2n) is 6.36. The van der Waals surface area contributed by atoms with Gasteiger partial charge in [0.25, 0.3) is 0 Å². The molecule has 1 atom stereocenters. The van der Waals surface area contributed by atoms with Crippen molar-refractivity contribution in [3.05, 3.63) is 35.4 Å². The first kappa shape index (κ1) is 22.8. The van der Waals surface area contributed by atoms with Crippen molar-refractivity contribution in [2.45, 2.75) is 31.8 Å². The fourth-order valence-corrected chi connectivity index (χ4v) is 2.70. The van der Waals surface area contributed by atoms with Crippen LogP contribution >= 0.6 is 0 Å². The molecule has 0 saturated heterocycles. The van der Waals surface area contributed by atoms with Gasteiger partial charge in [-0.05, 0) is 12.0 Å². The van der Waals surface area contributed by atoms with Crippen LogP contribution in [-0.2, 0) is 40.8 Å². The number of nitrogens with one attached hydrogen (secondary N) is 1. The molecule has 3 rings (SSSR count). The summed E-state index contributed by atoms with van der Waals surface area (Å²) < 4.78 is 46.5. The molecule has 12 heteroatoms. The van der Waals surface area contributed by atoms with Gasteiger partial charge in [0.1, 0.15) is 6.10 Å². The Labute approximate surface area is 165 Å². The lowest BCUT2D eigenvalue weighted by molar-refractivity contribution is -0.192. The quantitative estimate of drug-likeness (QED) is 0.697. The Morgan fingerprint density at radius 1 is 1.45 bits per heavy atom. The van der Waals surface area contributed by atoms with Crippen molar-refractivity contribution in [1.29, 1.82) is 0 Å². The van der Waals surface area contributed by atoms with E-state index in [4.69, 9.17) is 19.4 Å². The number of aromatic nitrogens is 4. The molecular formula is C17H24F3N5O4. The Balaban J connectivity index is 0.000000370. The summed E-state index contributed by atoms with van der Waals surface area (Å²) in [6, 6.07) is 0. The molecule has 0 radical (unpaired) electrons. The van der Waals surface area contributed by atoms with Crippen LogP contribution in [0.1, 0.15) is 22.9 Å². The van der Waals surface area contributed by atoms with Gasteiger partial charge in [-0.2, -0.15) is 23.4 Å². The molecule has 0 fully saturated rings. The van der Waals surface area contributed by atoms with E-state index in [1.165, 1.54) is 11.1 Å². The molecule has 29 heavy (non-hydrogen) atoms. The summed E-state index contributed by atoms with van der Waals surface area (Å²) in [5.74, 6) is -2.76. The number of alkyl halides is 3. The summed E-state index contributed by atoms with van der Waals surface area (Å²) >= 11 is 0. The third kappa shape index (κ3) is 7.15. The predicted molar refractivity (Wildman–Crippen MR) is 95.1 cm³/mol. The molecule has 0 aromatic carbocycles. The first-order chi connectivity index (χ1) is 13.7. The molecule has 0 spiro atoms. The second kappa shape index (κ2) is 10.4. The molecule has 2 aromatic rings. The van der Waals surface area contributed by atoms with Crippen LogP contribution in [0.2, 0.25) is 0 Å². The van der Waals surface area contributed by atoms with Crippen LogP contribution in [0.3, 0.4) is 0 Å². The summed E-state index contributed by atoms with van der Waals surface area (Å²) in [6.07, 6.45) is 1.87. The number of aryl methyl sites for hydroxylation is 1. The molecule has 162 valence electrons. The minimum Gasteiger partial charge on any atom is -0.475 e. The van der Waals surface area contributed by atoms with Crippen molar-refractivity contribution in [3.63, 3.8) is 0 Å². The molecule has 0 aliphatic carbocycles. The first-order valence-corrected chi connectivity index (χ1v) is 8.85. The van der Waals surface area contributed by atoms with E-state index in [0.29, 0.717) is 6.61 Å². The molecule has 2 aromatic heterocycles. The Morgan fingerprint density at radius 3 is 2.76 bits per heavy atom. The highest BCUT2D eigenvalue weighted by atomic mass is 19.4. The molecule has 1 aliphatic heterocycles. The third-order valence-corrected chi connectivity index (χ3v) is 4.05. The van der Waals surface area contributed by atoms with Gasteiger partial charge < -0.3 is 19.9 Å². The minimum absolute atomic E-state index is 0.0178. The maximum Gasteiger partial charge on any atom is 0.490 e. The maximum absolute atomic E-state index is 10.6. The van der Waals surface area contributed by atoms with Crippen LogP contribution in [0.5, 0.6) is 0 Å². The van der Waals surface area contributed by atoms with Crippen molar-refractivity contribution in [3.8, 4) is 0 Å². The lowest BCUT2D eigenvalue weighted by atomic mass is 10.1. The largest absolute Gasteiger partial charge is 0.490 e. The van der Waals surface area contributed by atoms with Gasteiger partial charge in [0.2, 0.25) is 0 Å². The summed E-state index contributed by atoms with van der Waals surface area (Å²) in [5, 5.41) is 19.4. The standard InChI is InChI=1S/C15H23N5O2.C2HF3O2/c1-19-10-12(8-17-19)7-16-9-14-15-13(3-5-22-14)11-20(18-15)4-6-21-2;3-2(4,5)1(6)7/h8,10-11,14,16H,3-7,9H2,1-2H3;(H,6,7). The lowest BCUT2D eigenvalue weighted by Crippen LogP contribution is -2.27. The third-order valence-electron chi connectivity index (χ3n) is 4.05. The summed E-state index contributed by atoms with van der Waals surface area (Å²) in [7, 11) is 3.63. The average Bonchev–Trinajstić information content (AvgIpc) is 3.26. The van der Waals surface area contributed by atoms with Crippen LogP contribution in [0.4, 0.5) is 13.2 Å². The molecule has 2 N–H and O–H groups in total. The zero-order valence-electron chi connectivity index (χ0n) is 16.1. The van der Waals surface area contributed by atoms with E-state index in [-0.39, 0.29) is 6.10 Å². The maximum atomic E-state index is 10.6. The number of hydrogen-bond acceptors (Lipinski definition) is 6. The number of hydrogen-bond donors (Lipinski definition) is 2. The van der Waals surface area contributed by atoms with E-state index in [0.717, 1.165) is 38.4 Å². The van der Waals surface area contributed by atoms with Gasteiger partial charge in [0.05, 0.1) is 31.6 Å². The van der Waals surface area contributed by atoms with E-state index < -0.39 is 12.1 Å². The Hall–Kier alpha value is -2.44. The van der Waals surface area contributed by atoms with Gasteiger partial charge >= 0.3 is 12.1 Å². The molecule has 1 unspecified atom stereocenters. The van der Waals surface area contributed by atoms with E-state index >= 15 is 0 Å². The number of fused-ring (bicyclic) bond motifs is 1. The number of carboxylic acid groups (broad SMARTS) is 1. The van der Waals surface area contributed by atoms with Gasteiger partial charge in [0, 0.05) is 45.2 Å². The first-order valence-electron chi connectivity index (χ1n) is 8.85. The SMILES string of the molecule is COCCn1cc2c(n1)C(CNCc1cnn(C)c1)OCC2.O=C(O)C(F)(F)F. The number of carboxylic acids is 1. The van der Waals surface area contributed by atoms with Crippen molar-refractivity contribution in [1.82, 2.24) is 24.9 Å². The monoisotopic (exact) mass is 419 g/mol. The highest BCUT2D eigenvalue weighted by Crippen LogP contribution is 2.25. The lowest BCUT2D eigenvalue weighted by Gasteiger charge is -2.22. The van der Waals surface area contributed by atoms with Crippen molar-refractivity contribution in [2.75, 3.05) is 26.9 Å². The van der Waals surface area contributed by atoms with Gasteiger partial charge in [0.15, 0.2) is 0 Å². The van der Waals surface area contributed by atoms with E-state index in [9.17, 15) is 13.2 Å². The van der Waals surface area contributed by atoms with Crippen LogP contribution < -0.4 is 5.32 Å². The number of halogens is 3. The Morgan fingerprint density at radius 2 is 2.17 bits per heavy atom. The zero-order chi connectivity index (χ0) is 21.4. The smallest absolute Gasteiger partial charge is 0.475 e. The Bertz CT molecular complexity index is 790. The highest BCUT2D eigenvalue weighted by Gasteiger charge is 2.38. The van der Waals surface area contributed by atoms with Crippen LogP contribution in [-0.4, -0.2) is 63.7 Å². The summed E-state index contributed by atoms with van der Waals surface area (Å²) in [5.41, 5.74) is 3.51. The topological polar surface area (TPSA) is 103 Å². The van der Waals surface area contributed by atoms with Crippen molar-refractivity contribution in [2.24, 2.45) is 7.05 Å². The molecular weight excluding hydrogens is 395 g/mol. The number of rotatable bonds is 7. The van der Waals surface area contributed by atoms with Crippen LogP contribution in [0.25, 0.3) is 0 Å². The molecule has 9 nitrogen and oxygen atoms in total. The van der Waals surface area contributed by atoms with Crippen LogP contribution in [0.15, 0.2) is 18.6 Å². The average molecular weight is 419 g/mol.